The first-order valence-electron chi connectivity index (χ1n) is 12.9. The number of carbonyl (C=O) groups excluding carboxylic acids is 3. The van der Waals surface area contributed by atoms with Gasteiger partial charge in [-0.25, -0.2) is 9.59 Å². The summed E-state index contributed by atoms with van der Waals surface area (Å²) in [6.07, 6.45) is 3.46. The second-order valence-electron chi connectivity index (χ2n) is 9.75. The van der Waals surface area contributed by atoms with Gasteiger partial charge in [0.2, 0.25) is 0 Å². The summed E-state index contributed by atoms with van der Waals surface area (Å²) in [6, 6.07) is 5.69. The van der Waals surface area contributed by atoms with Crippen LogP contribution in [0.5, 0.6) is 0 Å². The number of hydrogen-bond acceptors (Lipinski definition) is 7. The lowest BCUT2D eigenvalue weighted by atomic mass is 9.89. The lowest BCUT2D eigenvalue weighted by molar-refractivity contribution is 0.0567. The molecule has 10 nitrogen and oxygen atoms in total. The number of esters is 1. The highest BCUT2D eigenvalue weighted by Crippen LogP contribution is 2.31. The molecule has 0 N–H and O–H groups in total. The first-order chi connectivity index (χ1) is 17.8. The fraction of sp³-hybridized carbons (Fsp3) is 0.556. The number of amides is 2. The molecule has 37 heavy (non-hydrogen) atoms. The average Bonchev–Trinajstić information content (AvgIpc) is 3.28. The van der Waals surface area contributed by atoms with Gasteiger partial charge in [-0.2, -0.15) is 0 Å². The predicted octanol–water partition coefficient (Wildman–Crippen LogP) is 2.81. The summed E-state index contributed by atoms with van der Waals surface area (Å²) in [5, 5.41) is 0. The lowest BCUT2D eigenvalue weighted by Gasteiger charge is -2.35. The van der Waals surface area contributed by atoms with E-state index in [1.807, 2.05) is 43.3 Å². The van der Waals surface area contributed by atoms with E-state index in [2.05, 4.69) is 4.90 Å². The summed E-state index contributed by atoms with van der Waals surface area (Å²) in [5.41, 5.74) is 4.07. The van der Waals surface area contributed by atoms with Crippen molar-refractivity contribution in [2.75, 3.05) is 53.0 Å². The molecule has 2 aromatic rings. The van der Waals surface area contributed by atoms with E-state index in [4.69, 9.17) is 14.5 Å². The normalized spacial score (nSPS) is 17.1. The molecule has 2 aliphatic rings. The number of hydrogen-bond donors (Lipinski definition) is 0. The molecule has 2 aliphatic heterocycles. The Balaban J connectivity index is 1.39. The number of carbonyl (C=O) groups is 3. The van der Waals surface area contributed by atoms with Gasteiger partial charge < -0.3 is 23.8 Å². The summed E-state index contributed by atoms with van der Waals surface area (Å²) in [7, 11) is 3.24. The van der Waals surface area contributed by atoms with Gasteiger partial charge in [-0.15, -0.1) is 0 Å². The highest BCUT2D eigenvalue weighted by molar-refractivity contribution is 5.95. The standard InChI is InChI=1S/C27H37N5O5/c1-5-37-27(35)32-14-12-31(13-15-32)25(33)22-7-6-19(2)28-24(22)21-8-10-30(11-9-21)18-20-16-23(26(34)36-4)29(3)17-20/h6-7,16-17,21H,5,8-15,18H2,1-4H3. The Morgan fingerprint density at radius 3 is 2.35 bits per heavy atom. The maximum atomic E-state index is 13.5. The van der Waals surface area contributed by atoms with Gasteiger partial charge in [0.1, 0.15) is 5.69 Å². The van der Waals surface area contributed by atoms with Crippen LogP contribution in [-0.4, -0.2) is 95.2 Å². The van der Waals surface area contributed by atoms with E-state index in [1.165, 1.54) is 7.11 Å². The molecule has 200 valence electrons. The van der Waals surface area contributed by atoms with Crippen molar-refractivity contribution in [3.63, 3.8) is 0 Å². The number of piperazine rings is 1. The van der Waals surface area contributed by atoms with Gasteiger partial charge in [0.15, 0.2) is 0 Å². The van der Waals surface area contributed by atoms with E-state index in [1.54, 1.807) is 16.4 Å². The Hall–Kier alpha value is -3.40. The topological polar surface area (TPSA) is 97.2 Å². The largest absolute Gasteiger partial charge is 0.464 e. The Morgan fingerprint density at radius 2 is 1.70 bits per heavy atom. The smallest absolute Gasteiger partial charge is 0.409 e. The predicted molar refractivity (Wildman–Crippen MR) is 137 cm³/mol. The number of likely N-dealkylation sites (tertiary alicyclic amines) is 1. The molecule has 0 atom stereocenters. The molecule has 0 spiro atoms. The molecular weight excluding hydrogens is 474 g/mol. The van der Waals surface area contributed by atoms with Crippen molar-refractivity contribution in [2.45, 2.75) is 39.2 Å². The number of methoxy groups -OCH3 is 1. The van der Waals surface area contributed by atoms with E-state index in [9.17, 15) is 14.4 Å². The SMILES string of the molecule is CCOC(=O)N1CCN(C(=O)c2ccc(C)nc2C2CCN(Cc3cc(C(=O)OC)n(C)c3)CC2)CC1. The van der Waals surface area contributed by atoms with Crippen molar-refractivity contribution >= 4 is 18.0 Å². The molecule has 0 radical (unpaired) electrons. The van der Waals surface area contributed by atoms with Crippen LogP contribution < -0.4 is 0 Å². The number of aryl methyl sites for hydroxylation is 2. The van der Waals surface area contributed by atoms with Gasteiger partial charge in [0.05, 0.1) is 25.0 Å². The fourth-order valence-corrected chi connectivity index (χ4v) is 5.20. The van der Waals surface area contributed by atoms with Gasteiger partial charge in [-0.3, -0.25) is 14.7 Å². The number of aromatic nitrogens is 2. The van der Waals surface area contributed by atoms with Crippen LogP contribution in [0.2, 0.25) is 0 Å². The first-order valence-corrected chi connectivity index (χ1v) is 12.9. The molecule has 0 bridgehead atoms. The highest BCUT2D eigenvalue weighted by atomic mass is 16.6. The second kappa shape index (κ2) is 11.8. The molecule has 4 rings (SSSR count). The summed E-state index contributed by atoms with van der Waals surface area (Å²) >= 11 is 0. The van der Waals surface area contributed by atoms with Crippen molar-refractivity contribution < 1.29 is 23.9 Å². The van der Waals surface area contributed by atoms with Crippen molar-refractivity contribution in [2.24, 2.45) is 7.05 Å². The lowest BCUT2D eigenvalue weighted by Crippen LogP contribution is -2.51. The van der Waals surface area contributed by atoms with Crippen LogP contribution in [0.1, 0.15) is 63.5 Å². The quantitative estimate of drug-likeness (QED) is 0.550. The van der Waals surface area contributed by atoms with Crippen molar-refractivity contribution in [1.82, 2.24) is 24.3 Å². The Bertz CT molecular complexity index is 1130. The molecule has 4 heterocycles. The molecular formula is C27H37N5O5. The molecule has 2 saturated heterocycles. The van der Waals surface area contributed by atoms with Gasteiger partial charge in [-0.1, -0.05) is 0 Å². The zero-order valence-electron chi connectivity index (χ0n) is 22.2. The number of piperidine rings is 1. The number of nitrogens with zero attached hydrogens (tertiary/aromatic N) is 5. The van der Waals surface area contributed by atoms with Gasteiger partial charge in [-0.05, 0) is 63.5 Å². The van der Waals surface area contributed by atoms with Crippen LogP contribution >= 0.6 is 0 Å². The van der Waals surface area contributed by atoms with E-state index in [0.29, 0.717) is 44.0 Å². The summed E-state index contributed by atoms with van der Waals surface area (Å²) < 4.78 is 11.7. The van der Waals surface area contributed by atoms with Gasteiger partial charge in [0.25, 0.3) is 5.91 Å². The number of ether oxygens (including phenoxy) is 2. The van der Waals surface area contributed by atoms with E-state index in [-0.39, 0.29) is 23.9 Å². The van der Waals surface area contributed by atoms with Crippen LogP contribution in [0.15, 0.2) is 24.4 Å². The van der Waals surface area contributed by atoms with Crippen molar-refractivity contribution in [3.05, 3.63) is 52.6 Å². The molecule has 0 aliphatic carbocycles. The van der Waals surface area contributed by atoms with E-state index < -0.39 is 0 Å². The van der Waals surface area contributed by atoms with Gasteiger partial charge in [0, 0.05) is 57.6 Å². The Morgan fingerprint density at radius 1 is 1.03 bits per heavy atom. The third kappa shape index (κ3) is 6.12. The molecule has 2 fully saturated rings. The number of pyridine rings is 1. The third-order valence-electron chi connectivity index (χ3n) is 7.22. The fourth-order valence-electron chi connectivity index (χ4n) is 5.20. The van der Waals surface area contributed by atoms with Crippen LogP contribution in [-0.2, 0) is 23.1 Å². The minimum absolute atomic E-state index is 0.0203. The van der Waals surface area contributed by atoms with E-state index >= 15 is 0 Å². The van der Waals surface area contributed by atoms with Crippen LogP contribution in [0.25, 0.3) is 0 Å². The molecule has 10 heteroatoms. The summed E-state index contributed by atoms with van der Waals surface area (Å²) in [6.45, 7) is 8.51. The number of rotatable bonds is 6. The monoisotopic (exact) mass is 511 g/mol. The van der Waals surface area contributed by atoms with Crippen molar-refractivity contribution in [1.29, 1.82) is 0 Å². The van der Waals surface area contributed by atoms with Crippen molar-refractivity contribution in [3.8, 4) is 0 Å². The molecule has 2 amide bonds. The van der Waals surface area contributed by atoms with Crippen LogP contribution in [0.4, 0.5) is 4.79 Å². The van der Waals surface area contributed by atoms with Crippen LogP contribution in [0.3, 0.4) is 0 Å². The highest BCUT2D eigenvalue weighted by Gasteiger charge is 2.30. The maximum absolute atomic E-state index is 13.5. The molecule has 0 aromatic carbocycles. The average molecular weight is 512 g/mol. The molecule has 0 saturated carbocycles. The Kier molecular flexibility index (Phi) is 8.48. The zero-order chi connectivity index (χ0) is 26.5. The third-order valence-corrected chi connectivity index (χ3v) is 7.22. The summed E-state index contributed by atoms with van der Waals surface area (Å²) in [4.78, 5) is 48.1. The van der Waals surface area contributed by atoms with E-state index in [0.717, 1.165) is 49.4 Å². The molecule has 0 unspecified atom stereocenters. The summed E-state index contributed by atoms with van der Waals surface area (Å²) in [5.74, 6) is -0.150. The molecule has 2 aromatic heterocycles. The van der Waals surface area contributed by atoms with Gasteiger partial charge >= 0.3 is 12.1 Å². The minimum atomic E-state index is -0.336. The van der Waals surface area contributed by atoms with Crippen LogP contribution in [0, 0.1) is 6.92 Å². The Labute approximate surface area is 218 Å². The second-order valence-corrected chi connectivity index (χ2v) is 9.75. The first kappa shape index (κ1) is 26.7. The zero-order valence-corrected chi connectivity index (χ0v) is 22.2. The maximum Gasteiger partial charge on any atom is 0.409 e. The minimum Gasteiger partial charge on any atom is -0.464 e.